The highest BCUT2D eigenvalue weighted by atomic mass is 32.2. The van der Waals surface area contributed by atoms with Crippen molar-refractivity contribution < 1.29 is 31.5 Å². The van der Waals surface area contributed by atoms with Crippen molar-refractivity contribution in [1.29, 1.82) is 0 Å². The second-order valence-electron chi connectivity index (χ2n) is 3.86. The summed E-state index contributed by atoms with van der Waals surface area (Å²) in [6.07, 6.45) is -4.78. The number of rotatable bonds is 5. The van der Waals surface area contributed by atoms with Crippen molar-refractivity contribution in [1.82, 2.24) is 0 Å². The highest BCUT2D eigenvalue weighted by molar-refractivity contribution is 7.89. The van der Waals surface area contributed by atoms with Crippen LogP contribution in [0.4, 0.5) is 18.9 Å². The molecule has 0 spiro atoms. The highest BCUT2D eigenvalue weighted by Gasteiger charge is 2.35. The first-order valence-electron chi connectivity index (χ1n) is 5.19. The Balaban J connectivity index is 2.97. The second-order valence-corrected chi connectivity index (χ2v) is 5.59. The summed E-state index contributed by atoms with van der Waals surface area (Å²) in [6.45, 7) is -0.150. The SMILES string of the molecule is NS(=O)(=O)CCNc1ccc(C(F)(F)F)c(C(=O)O)c1. The van der Waals surface area contributed by atoms with Gasteiger partial charge in [0.25, 0.3) is 0 Å². The van der Waals surface area contributed by atoms with E-state index in [0.717, 1.165) is 12.1 Å². The minimum Gasteiger partial charge on any atom is -0.478 e. The molecule has 1 aromatic rings. The third kappa shape index (κ3) is 4.70. The fourth-order valence-electron chi connectivity index (χ4n) is 1.42. The lowest BCUT2D eigenvalue weighted by Gasteiger charge is -2.12. The highest BCUT2D eigenvalue weighted by Crippen LogP contribution is 2.33. The Kier molecular flexibility index (Phi) is 4.61. The zero-order valence-corrected chi connectivity index (χ0v) is 10.8. The Hall–Kier alpha value is -1.81. The molecular formula is C10H11F3N2O4S. The molecule has 0 saturated heterocycles. The molecule has 0 heterocycles. The van der Waals surface area contributed by atoms with Crippen molar-refractivity contribution in [2.45, 2.75) is 6.18 Å². The van der Waals surface area contributed by atoms with Crippen LogP contribution >= 0.6 is 0 Å². The van der Waals surface area contributed by atoms with E-state index in [0.29, 0.717) is 6.07 Å². The van der Waals surface area contributed by atoms with Crippen molar-refractivity contribution in [3.05, 3.63) is 29.3 Å². The van der Waals surface area contributed by atoms with E-state index >= 15 is 0 Å². The number of primary sulfonamides is 1. The maximum atomic E-state index is 12.6. The Morgan fingerprint density at radius 3 is 2.40 bits per heavy atom. The summed E-state index contributed by atoms with van der Waals surface area (Å²) in [4.78, 5) is 10.8. The molecule has 0 atom stereocenters. The molecule has 1 aromatic carbocycles. The molecule has 0 unspecified atom stereocenters. The molecule has 0 radical (unpaired) electrons. The van der Waals surface area contributed by atoms with Gasteiger partial charge < -0.3 is 10.4 Å². The lowest BCUT2D eigenvalue weighted by Crippen LogP contribution is -2.22. The number of sulfonamides is 1. The predicted molar refractivity (Wildman–Crippen MR) is 64.9 cm³/mol. The van der Waals surface area contributed by atoms with Gasteiger partial charge in [0.2, 0.25) is 10.0 Å². The number of nitrogens with two attached hydrogens (primary N) is 1. The first-order chi connectivity index (χ1) is 9.00. The van der Waals surface area contributed by atoms with Gasteiger partial charge in [-0.1, -0.05) is 0 Å². The van der Waals surface area contributed by atoms with Crippen LogP contribution in [0, 0.1) is 0 Å². The quantitative estimate of drug-likeness (QED) is 0.754. The molecular weight excluding hydrogens is 301 g/mol. The van der Waals surface area contributed by atoms with Crippen LogP contribution in [-0.4, -0.2) is 31.8 Å². The smallest absolute Gasteiger partial charge is 0.417 e. The van der Waals surface area contributed by atoms with Gasteiger partial charge in [-0.05, 0) is 18.2 Å². The van der Waals surface area contributed by atoms with Crippen LogP contribution in [0.15, 0.2) is 18.2 Å². The molecule has 0 saturated carbocycles. The lowest BCUT2D eigenvalue weighted by atomic mass is 10.1. The van der Waals surface area contributed by atoms with E-state index in [9.17, 15) is 26.4 Å². The zero-order valence-electron chi connectivity index (χ0n) is 9.94. The number of nitrogens with one attached hydrogen (secondary N) is 1. The fourth-order valence-corrected chi connectivity index (χ4v) is 1.80. The average molecular weight is 312 g/mol. The Labute approximate surface area is 112 Å². The van der Waals surface area contributed by atoms with Crippen molar-refractivity contribution >= 4 is 21.7 Å². The monoisotopic (exact) mass is 312 g/mol. The van der Waals surface area contributed by atoms with E-state index < -0.39 is 39.0 Å². The van der Waals surface area contributed by atoms with Gasteiger partial charge in [-0.15, -0.1) is 0 Å². The maximum absolute atomic E-state index is 12.6. The molecule has 112 valence electrons. The van der Waals surface area contributed by atoms with E-state index in [1.807, 2.05) is 0 Å². The molecule has 10 heteroatoms. The van der Waals surface area contributed by atoms with Gasteiger partial charge in [-0.2, -0.15) is 13.2 Å². The lowest BCUT2D eigenvalue weighted by molar-refractivity contribution is -0.138. The van der Waals surface area contributed by atoms with E-state index in [1.165, 1.54) is 0 Å². The van der Waals surface area contributed by atoms with Gasteiger partial charge in [0.1, 0.15) is 0 Å². The number of hydrogen-bond acceptors (Lipinski definition) is 4. The van der Waals surface area contributed by atoms with Crippen LogP contribution < -0.4 is 10.5 Å². The van der Waals surface area contributed by atoms with Gasteiger partial charge in [0.15, 0.2) is 0 Å². The van der Waals surface area contributed by atoms with Crippen LogP contribution in [0.1, 0.15) is 15.9 Å². The molecule has 0 amide bonds. The number of halogens is 3. The largest absolute Gasteiger partial charge is 0.478 e. The zero-order chi connectivity index (χ0) is 15.6. The molecule has 0 aromatic heterocycles. The molecule has 0 bridgehead atoms. The molecule has 0 aliphatic carbocycles. The van der Waals surface area contributed by atoms with Crippen molar-refractivity contribution in [3.8, 4) is 0 Å². The van der Waals surface area contributed by atoms with Crippen molar-refractivity contribution in [2.75, 3.05) is 17.6 Å². The Morgan fingerprint density at radius 2 is 1.95 bits per heavy atom. The van der Waals surface area contributed by atoms with E-state index in [-0.39, 0.29) is 12.2 Å². The van der Waals surface area contributed by atoms with Gasteiger partial charge in [0, 0.05) is 12.2 Å². The molecule has 4 N–H and O–H groups in total. The van der Waals surface area contributed by atoms with E-state index in [4.69, 9.17) is 10.2 Å². The minimum atomic E-state index is -4.78. The molecule has 0 aliphatic rings. The third-order valence-corrected chi connectivity index (χ3v) is 3.04. The predicted octanol–water partition coefficient (Wildman–Crippen LogP) is 1.10. The molecule has 6 nitrogen and oxygen atoms in total. The summed E-state index contributed by atoms with van der Waals surface area (Å²) in [7, 11) is -3.71. The summed E-state index contributed by atoms with van der Waals surface area (Å²) in [5.41, 5.74) is -2.14. The summed E-state index contributed by atoms with van der Waals surface area (Å²) in [5.74, 6) is -2.16. The van der Waals surface area contributed by atoms with Crippen LogP contribution in [-0.2, 0) is 16.2 Å². The number of carbonyl (C=O) groups is 1. The van der Waals surface area contributed by atoms with E-state index in [1.54, 1.807) is 0 Å². The number of carboxylic acids is 1. The topological polar surface area (TPSA) is 109 Å². The van der Waals surface area contributed by atoms with Gasteiger partial charge in [-0.3, -0.25) is 0 Å². The Morgan fingerprint density at radius 1 is 1.35 bits per heavy atom. The van der Waals surface area contributed by atoms with Gasteiger partial charge >= 0.3 is 12.1 Å². The van der Waals surface area contributed by atoms with Crippen molar-refractivity contribution in [2.24, 2.45) is 5.14 Å². The molecule has 20 heavy (non-hydrogen) atoms. The Bertz CT molecular complexity index is 613. The van der Waals surface area contributed by atoms with Crippen LogP contribution in [0.2, 0.25) is 0 Å². The normalized spacial score (nSPS) is 12.2. The number of carboxylic acid groups (broad SMARTS) is 1. The number of anilines is 1. The van der Waals surface area contributed by atoms with E-state index in [2.05, 4.69) is 5.32 Å². The van der Waals surface area contributed by atoms with Crippen LogP contribution in [0.25, 0.3) is 0 Å². The standard InChI is InChI=1S/C10H11F3N2O4S/c11-10(12,13)8-2-1-6(5-7(8)9(16)17)15-3-4-20(14,18)19/h1-2,5,15H,3-4H2,(H,16,17)(H2,14,18,19). The second kappa shape index (κ2) is 5.67. The van der Waals surface area contributed by atoms with Crippen LogP contribution in [0.3, 0.4) is 0 Å². The van der Waals surface area contributed by atoms with Crippen LogP contribution in [0.5, 0.6) is 0 Å². The first-order valence-corrected chi connectivity index (χ1v) is 6.91. The molecule has 0 fully saturated rings. The summed E-state index contributed by atoms with van der Waals surface area (Å²) >= 11 is 0. The minimum absolute atomic E-state index is 0.0547. The summed E-state index contributed by atoms with van der Waals surface area (Å²) in [5, 5.41) is 16.0. The number of aromatic carboxylic acids is 1. The first kappa shape index (κ1) is 16.2. The number of alkyl halides is 3. The van der Waals surface area contributed by atoms with Crippen molar-refractivity contribution in [3.63, 3.8) is 0 Å². The number of hydrogen-bond donors (Lipinski definition) is 3. The summed E-state index contributed by atoms with van der Waals surface area (Å²) < 4.78 is 59.1. The van der Waals surface area contributed by atoms with Gasteiger partial charge in [-0.25, -0.2) is 18.4 Å². The molecule has 0 aliphatic heterocycles. The average Bonchev–Trinajstić information content (AvgIpc) is 2.25. The molecule has 1 rings (SSSR count). The summed E-state index contributed by atoms with van der Waals surface area (Å²) in [6, 6.07) is 2.41. The maximum Gasteiger partial charge on any atom is 0.417 e. The number of benzene rings is 1. The fraction of sp³-hybridized carbons (Fsp3) is 0.300. The third-order valence-electron chi connectivity index (χ3n) is 2.27. The van der Waals surface area contributed by atoms with Gasteiger partial charge in [0.05, 0.1) is 16.9 Å².